The van der Waals surface area contributed by atoms with Gasteiger partial charge in [-0.05, 0) is 0 Å². The summed E-state index contributed by atoms with van der Waals surface area (Å²) in [5, 5.41) is 67.6. The zero-order valence-electron chi connectivity index (χ0n) is 14.1. The summed E-state index contributed by atoms with van der Waals surface area (Å²) in [6.07, 6.45) is -4.58. The summed E-state index contributed by atoms with van der Waals surface area (Å²) in [6, 6.07) is 0. The average molecular weight is 767 g/mol. The van der Waals surface area contributed by atoms with E-state index in [0.29, 0.717) is 0 Å². The summed E-state index contributed by atoms with van der Waals surface area (Å²) in [4.78, 5) is 61.0. The fraction of sp³-hybridized carbons (Fsp3) is 0.500. The SMILES string of the molecule is O=C(O)CC(O)(CC(=O)O)C(=O)O.O=C(O)CC(O)(CC(=O)O)C(=O)O.[Te].[Te].[Te]. The molecule has 29 heavy (non-hydrogen) atoms. The Balaban J connectivity index is -0.000000120. The topological polar surface area (TPSA) is 264 Å². The number of rotatable bonds is 10. The van der Waals surface area contributed by atoms with Crippen molar-refractivity contribution in [2.45, 2.75) is 36.9 Å². The first kappa shape index (κ1) is 38.7. The van der Waals surface area contributed by atoms with Gasteiger partial charge in [0.05, 0.1) is 25.7 Å². The first-order chi connectivity index (χ1) is 11.6. The Morgan fingerprint density at radius 1 is 0.448 bits per heavy atom. The second-order valence-electron chi connectivity index (χ2n) is 4.96. The molecule has 0 aliphatic rings. The van der Waals surface area contributed by atoms with Crippen LogP contribution in [-0.4, -0.2) is 159 Å². The van der Waals surface area contributed by atoms with Crippen LogP contribution in [-0.2, 0) is 28.8 Å². The number of hydrogen-bond acceptors (Lipinski definition) is 8. The van der Waals surface area contributed by atoms with Gasteiger partial charge in [-0.1, -0.05) is 0 Å². The van der Waals surface area contributed by atoms with Crippen molar-refractivity contribution < 1.29 is 69.6 Å². The molecule has 0 aliphatic heterocycles. The molecule has 0 spiro atoms. The number of aliphatic hydroxyl groups is 2. The van der Waals surface area contributed by atoms with E-state index in [9.17, 15) is 28.8 Å². The third-order valence-electron chi connectivity index (χ3n) is 2.57. The molecule has 0 aliphatic carbocycles. The second kappa shape index (κ2) is 16.9. The van der Waals surface area contributed by atoms with E-state index >= 15 is 0 Å². The number of carbonyl (C=O) groups is 6. The second-order valence-corrected chi connectivity index (χ2v) is 4.96. The molecule has 0 aromatic rings. The van der Waals surface area contributed by atoms with Crippen molar-refractivity contribution in [3.05, 3.63) is 0 Å². The quantitative estimate of drug-likeness (QED) is 0.0999. The molecule has 0 aromatic carbocycles. The Hall–Kier alpha value is -0.891. The zero-order valence-corrected chi connectivity index (χ0v) is 21.1. The van der Waals surface area contributed by atoms with Crippen LogP contribution in [0.25, 0.3) is 0 Å². The Morgan fingerprint density at radius 2 is 0.586 bits per heavy atom. The number of carboxylic acid groups (broad SMARTS) is 6. The van der Waals surface area contributed by atoms with Gasteiger partial charge in [-0.15, -0.1) is 0 Å². The molecule has 0 atom stereocenters. The van der Waals surface area contributed by atoms with Gasteiger partial charge in [0.2, 0.25) is 0 Å². The van der Waals surface area contributed by atoms with Crippen LogP contribution in [0.15, 0.2) is 0 Å². The minimum absolute atomic E-state index is 0. The minimum atomic E-state index is -2.74. The molecule has 0 amide bonds. The van der Waals surface area contributed by atoms with Crippen LogP contribution in [0.5, 0.6) is 0 Å². The molecule has 0 rings (SSSR count). The molecule has 6 radical (unpaired) electrons. The summed E-state index contributed by atoms with van der Waals surface area (Å²) < 4.78 is 0. The van der Waals surface area contributed by atoms with Crippen LogP contribution in [0.3, 0.4) is 0 Å². The van der Waals surface area contributed by atoms with Gasteiger partial charge in [-0.25, -0.2) is 9.59 Å². The van der Waals surface area contributed by atoms with Crippen LogP contribution in [0, 0.1) is 0 Å². The maximum Gasteiger partial charge on any atom is 0.336 e. The fourth-order valence-electron chi connectivity index (χ4n) is 1.43. The summed E-state index contributed by atoms with van der Waals surface area (Å²) in [7, 11) is 0. The van der Waals surface area contributed by atoms with Crippen LogP contribution >= 0.6 is 0 Å². The van der Waals surface area contributed by atoms with E-state index in [1.165, 1.54) is 0 Å². The van der Waals surface area contributed by atoms with Crippen molar-refractivity contribution in [3.63, 3.8) is 0 Å². The van der Waals surface area contributed by atoms with Crippen LogP contribution in [0.2, 0.25) is 0 Å². The smallest absolute Gasteiger partial charge is 0.336 e. The molecule has 0 unspecified atom stereocenters. The van der Waals surface area contributed by atoms with E-state index in [2.05, 4.69) is 0 Å². The van der Waals surface area contributed by atoms with Gasteiger partial charge in [0, 0.05) is 71.0 Å². The number of hydrogen-bond donors (Lipinski definition) is 8. The number of aliphatic carboxylic acids is 6. The molecule has 0 heterocycles. The molecule has 14 nitrogen and oxygen atoms in total. The van der Waals surface area contributed by atoms with Gasteiger partial charge >= 0.3 is 35.8 Å². The fourth-order valence-corrected chi connectivity index (χ4v) is 1.43. The molecule has 166 valence electrons. The van der Waals surface area contributed by atoms with Crippen molar-refractivity contribution >= 4 is 107 Å². The van der Waals surface area contributed by atoms with Gasteiger partial charge in [-0.3, -0.25) is 19.2 Å². The normalized spacial score (nSPS) is 9.72. The Bertz CT molecular complexity index is 521. The van der Waals surface area contributed by atoms with Crippen LogP contribution in [0.4, 0.5) is 0 Å². The Labute approximate surface area is 212 Å². The van der Waals surface area contributed by atoms with E-state index in [-0.39, 0.29) is 71.0 Å². The van der Waals surface area contributed by atoms with Crippen molar-refractivity contribution in [2.75, 3.05) is 0 Å². The van der Waals surface area contributed by atoms with E-state index in [4.69, 9.17) is 40.9 Å². The zero-order chi connectivity index (χ0) is 21.3. The van der Waals surface area contributed by atoms with Gasteiger partial charge in [0.25, 0.3) is 0 Å². The third kappa shape index (κ3) is 17.7. The van der Waals surface area contributed by atoms with E-state index < -0.39 is 72.7 Å². The Kier molecular flexibility index (Phi) is 22.5. The van der Waals surface area contributed by atoms with E-state index in [0.717, 1.165) is 0 Å². The van der Waals surface area contributed by atoms with Crippen LogP contribution < -0.4 is 0 Å². The monoisotopic (exact) mass is 774 g/mol. The van der Waals surface area contributed by atoms with Crippen LogP contribution in [0.1, 0.15) is 25.7 Å². The molecule has 0 bridgehead atoms. The van der Waals surface area contributed by atoms with Crippen molar-refractivity contribution in [1.29, 1.82) is 0 Å². The average Bonchev–Trinajstić information content (AvgIpc) is 2.34. The summed E-state index contributed by atoms with van der Waals surface area (Å²) in [5.41, 5.74) is -5.48. The molecule has 0 aromatic heterocycles. The Morgan fingerprint density at radius 3 is 0.655 bits per heavy atom. The molecule has 17 heteroatoms. The maximum atomic E-state index is 10.3. The molecular formula is C12H16O14Te3. The molecule has 0 fully saturated rings. The molecule has 8 N–H and O–H groups in total. The predicted molar refractivity (Wildman–Crippen MR) is 91.4 cm³/mol. The van der Waals surface area contributed by atoms with Crippen molar-refractivity contribution in [1.82, 2.24) is 0 Å². The molecule has 0 saturated heterocycles. The standard InChI is InChI=1S/2C6H8O7.3Te/c2*7-3(8)1-6(13,5(11)12)2-4(9)10;;;/h2*13H,1-2H2,(H,7,8)(H,9,10)(H,11,12);;;. The third-order valence-corrected chi connectivity index (χ3v) is 2.57. The minimum Gasteiger partial charge on any atom is -0.481 e. The summed E-state index contributed by atoms with van der Waals surface area (Å²) in [6.45, 7) is 0. The van der Waals surface area contributed by atoms with Crippen molar-refractivity contribution in [3.8, 4) is 0 Å². The van der Waals surface area contributed by atoms with Gasteiger partial charge in [0.1, 0.15) is 0 Å². The first-order valence-corrected chi connectivity index (χ1v) is 6.34. The van der Waals surface area contributed by atoms with Gasteiger partial charge in [-0.2, -0.15) is 0 Å². The van der Waals surface area contributed by atoms with E-state index in [1.807, 2.05) is 0 Å². The van der Waals surface area contributed by atoms with E-state index in [1.54, 1.807) is 0 Å². The molecular weight excluding hydrogens is 751 g/mol. The summed E-state index contributed by atoms with van der Waals surface area (Å²) >= 11 is 0. The largest absolute Gasteiger partial charge is 0.481 e. The first-order valence-electron chi connectivity index (χ1n) is 6.34. The van der Waals surface area contributed by atoms with Crippen molar-refractivity contribution in [2.24, 2.45) is 0 Å². The summed E-state index contributed by atoms with van der Waals surface area (Å²) in [5.74, 6) is -10.0. The molecule has 0 saturated carbocycles. The maximum absolute atomic E-state index is 10.3. The predicted octanol–water partition coefficient (Wildman–Crippen LogP) is -3.64. The van der Waals surface area contributed by atoms with Gasteiger partial charge < -0.3 is 40.9 Å². The van der Waals surface area contributed by atoms with Gasteiger partial charge in [0.15, 0.2) is 11.2 Å². The number of carboxylic acids is 6.